The van der Waals surface area contributed by atoms with Gasteiger partial charge in [0.2, 0.25) is 5.91 Å². The van der Waals surface area contributed by atoms with Crippen LogP contribution in [0.4, 0.5) is 11.4 Å². The number of rotatable bonds is 1. The normalized spacial score (nSPS) is 19.7. The molecule has 1 aromatic rings. The summed E-state index contributed by atoms with van der Waals surface area (Å²) in [6.45, 7) is 1.20. The topological polar surface area (TPSA) is 55.6 Å². The van der Waals surface area contributed by atoms with Crippen LogP contribution in [0.1, 0.15) is 32.1 Å². The van der Waals surface area contributed by atoms with Crippen LogP contribution in [0.5, 0.6) is 5.75 Å². The third kappa shape index (κ3) is 2.39. The number of nitrogens with two attached hydrogens (primary N) is 1. The first-order valence-corrected chi connectivity index (χ1v) is 7.09. The van der Waals surface area contributed by atoms with Crippen molar-refractivity contribution in [2.24, 2.45) is 5.92 Å². The second kappa shape index (κ2) is 5.11. The van der Waals surface area contributed by atoms with E-state index in [1.807, 2.05) is 17.0 Å². The molecule has 0 radical (unpaired) electrons. The van der Waals surface area contributed by atoms with Gasteiger partial charge >= 0.3 is 0 Å². The van der Waals surface area contributed by atoms with Crippen molar-refractivity contribution in [3.8, 4) is 5.75 Å². The Balaban J connectivity index is 1.84. The summed E-state index contributed by atoms with van der Waals surface area (Å²) in [5.41, 5.74) is 7.31. The predicted octanol–water partition coefficient (Wildman–Crippen LogP) is 2.57. The average molecular weight is 260 g/mol. The fourth-order valence-corrected chi connectivity index (χ4v) is 3.04. The molecule has 0 atom stereocenters. The first-order valence-electron chi connectivity index (χ1n) is 7.09. The highest BCUT2D eigenvalue weighted by atomic mass is 16.5. The predicted molar refractivity (Wildman–Crippen MR) is 75.3 cm³/mol. The number of benzene rings is 1. The molecule has 0 bridgehead atoms. The number of hydrogen-bond acceptors (Lipinski definition) is 3. The van der Waals surface area contributed by atoms with Crippen LogP contribution in [0.25, 0.3) is 0 Å². The molecular weight excluding hydrogens is 240 g/mol. The number of amides is 1. The fraction of sp³-hybridized carbons (Fsp3) is 0.533. The summed E-state index contributed by atoms with van der Waals surface area (Å²) in [6, 6.07) is 5.52. The fourth-order valence-electron chi connectivity index (χ4n) is 3.04. The SMILES string of the molecule is Nc1ccc2c(c1)OCCN2C(=O)C1CCCCC1. The Bertz CT molecular complexity index is 481. The molecule has 4 heteroatoms. The molecule has 3 rings (SSSR count). The second-order valence-electron chi connectivity index (χ2n) is 5.40. The minimum Gasteiger partial charge on any atom is -0.489 e. The summed E-state index contributed by atoms with van der Waals surface area (Å²) < 4.78 is 5.60. The summed E-state index contributed by atoms with van der Waals surface area (Å²) in [5.74, 6) is 1.18. The zero-order valence-corrected chi connectivity index (χ0v) is 11.1. The molecule has 2 N–H and O–H groups in total. The molecule has 1 fully saturated rings. The van der Waals surface area contributed by atoms with Crippen LogP contribution in [-0.2, 0) is 4.79 Å². The molecule has 1 amide bonds. The lowest BCUT2D eigenvalue weighted by Gasteiger charge is -2.33. The zero-order valence-electron chi connectivity index (χ0n) is 11.1. The van der Waals surface area contributed by atoms with Crippen LogP contribution >= 0.6 is 0 Å². The van der Waals surface area contributed by atoms with Crippen molar-refractivity contribution in [1.82, 2.24) is 0 Å². The number of hydrogen-bond donors (Lipinski definition) is 1. The van der Waals surface area contributed by atoms with Crippen LogP contribution in [0, 0.1) is 5.92 Å². The summed E-state index contributed by atoms with van der Waals surface area (Å²) in [5, 5.41) is 0. The highest BCUT2D eigenvalue weighted by Gasteiger charge is 2.30. The Hall–Kier alpha value is -1.71. The molecule has 2 aliphatic rings. The van der Waals surface area contributed by atoms with Crippen LogP contribution in [-0.4, -0.2) is 19.1 Å². The Morgan fingerprint density at radius 3 is 2.84 bits per heavy atom. The first-order chi connectivity index (χ1) is 9.25. The number of fused-ring (bicyclic) bond motifs is 1. The van der Waals surface area contributed by atoms with Gasteiger partial charge in [-0.05, 0) is 25.0 Å². The first kappa shape index (κ1) is 12.3. The Morgan fingerprint density at radius 1 is 1.26 bits per heavy atom. The molecule has 4 nitrogen and oxygen atoms in total. The second-order valence-corrected chi connectivity index (χ2v) is 5.40. The van der Waals surface area contributed by atoms with Gasteiger partial charge in [0.1, 0.15) is 12.4 Å². The lowest BCUT2D eigenvalue weighted by Crippen LogP contribution is -2.42. The lowest BCUT2D eigenvalue weighted by molar-refractivity contribution is -0.123. The van der Waals surface area contributed by atoms with Crippen LogP contribution in [0.3, 0.4) is 0 Å². The van der Waals surface area contributed by atoms with E-state index in [1.54, 1.807) is 6.07 Å². The number of ether oxygens (including phenoxy) is 1. The van der Waals surface area contributed by atoms with E-state index in [2.05, 4.69) is 0 Å². The molecule has 0 aromatic heterocycles. The van der Waals surface area contributed by atoms with Crippen LogP contribution < -0.4 is 15.4 Å². The standard InChI is InChI=1S/C15H20N2O2/c16-12-6-7-13-14(10-12)19-9-8-17(13)15(18)11-4-2-1-3-5-11/h6-7,10-11H,1-5,8-9,16H2. The maximum absolute atomic E-state index is 12.6. The zero-order chi connectivity index (χ0) is 13.2. The minimum absolute atomic E-state index is 0.192. The van der Waals surface area contributed by atoms with Crippen LogP contribution in [0.15, 0.2) is 18.2 Å². The van der Waals surface area contributed by atoms with Gasteiger partial charge < -0.3 is 15.4 Å². The average Bonchev–Trinajstić information content (AvgIpc) is 2.46. The van der Waals surface area contributed by atoms with E-state index in [-0.39, 0.29) is 11.8 Å². The monoisotopic (exact) mass is 260 g/mol. The Morgan fingerprint density at radius 2 is 2.05 bits per heavy atom. The molecule has 0 saturated heterocycles. The van der Waals surface area contributed by atoms with Gasteiger partial charge in [0.05, 0.1) is 12.2 Å². The van der Waals surface area contributed by atoms with E-state index in [4.69, 9.17) is 10.5 Å². The van der Waals surface area contributed by atoms with E-state index >= 15 is 0 Å². The maximum atomic E-state index is 12.6. The third-order valence-electron chi connectivity index (χ3n) is 4.07. The van der Waals surface area contributed by atoms with Crippen molar-refractivity contribution in [3.05, 3.63) is 18.2 Å². The molecule has 1 heterocycles. The number of carbonyl (C=O) groups is 1. The molecule has 1 aliphatic heterocycles. The Labute approximate surface area is 113 Å². The van der Waals surface area contributed by atoms with E-state index in [9.17, 15) is 4.79 Å². The molecule has 1 aromatic carbocycles. The number of nitrogens with zero attached hydrogens (tertiary/aromatic N) is 1. The lowest BCUT2D eigenvalue weighted by atomic mass is 9.88. The molecule has 0 spiro atoms. The highest BCUT2D eigenvalue weighted by Crippen LogP contribution is 2.35. The molecule has 19 heavy (non-hydrogen) atoms. The smallest absolute Gasteiger partial charge is 0.230 e. The van der Waals surface area contributed by atoms with Gasteiger partial charge in [-0.1, -0.05) is 19.3 Å². The van der Waals surface area contributed by atoms with Gasteiger partial charge in [-0.15, -0.1) is 0 Å². The summed E-state index contributed by atoms with van der Waals surface area (Å²) in [6.07, 6.45) is 5.67. The van der Waals surface area contributed by atoms with Gasteiger partial charge in [-0.3, -0.25) is 4.79 Å². The van der Waals surface area contributed by atoms with Crippen molar-refractivity contribution in [2.75, 3.05) is 23.8 Å². The number of nitrogen functional groups attached to an aromatic ring is 1. The third-order valence-corrected chi connectivity index (χ3v) is 4.07. The minimum atomic E-state index is 0.192. The van der Waals surface area contributed by atoms with Gasteiger partial charge in [-0.25, -0.2) is 0 Å². The quantitative estimate of drug-likeness (QED) is 0.790. The molecule has 102 valence electrons. The highest BCUT2D eigenvalue weighted by molar-refractivity contribution is 5.97. The van der Waals surface area contributed by atoms with Gasteiger partial charge in [0.15, 0.2) is 0 Å². The Kier molecular flexibility index (Phi) is 3.32. The van der Waals surface area contributed by atoms with Gasteiger partial charge in [0.25, 0.3) is 0 Å². The summed E-state index contributed by atoms with van der Waals surface area (Å²) >= 11 is 0. The number of anilines is 2. The van der Waals surface area contributed by atoms with E-state index in [0.717, 1.165) is 24.3 Å². The van der Waals surface area contributed by atoms with Crippen molar-refractivity contribution in [2.45, 2.75) is 32.1 Å². The number of carbonyl (C=O) groups excluding carboxylic acids is 1. The van der Waals surface area contributed by atoms with Gasteiger partial charge in [0, 0.05) is 17.7 Å². The van der Waals surface area contributed by atoms with Gasteiger partial charge in [-0.2, -0.15) is 0 Å². The van der Waals surface area contributed by atoms with Crippen molar-refractivity contribution >= 4 is 17.3 Å². The molecular formula is C15H20N2O2. The van der Waals surface area contributed by atoms with Crippen LogP contribution in [0.2, 0.25) is 0 Å². The van der Waals surface area contributed by atoms with E-state index in [1.165, 1.54) is 19.3 Å². The summed E-state index contributed by atoms with van der Waals surface area (Å²) in [7, 11) is 0. The molecule has 1 aliphatic carbocycles. The van der Waals surface area contributed by atoms with Crippen molar-refractivity contribution in [1.29, 1.82) is 0 Å². The van der Waals surface area contributed by atoms with Crippen molar-refractivity contribution in [3.63, 3.8) is 0 Å². The largest absolute Gasteiger partial charge is 0.489 e. The molecule has 0 unspecified atom stereocenters. The molecule has 1 saturated carbocycles. The summed E-state index contributed by atoms with van der Waals surface area (Å²) in [4.78, 5) is 14.5. The van der Waals surface area contributed by atoms with Crippen molar-refractivity contribution < 1.29 is 9.53 Å². The van der Waals surface area contributed by atoms with E-state index in [0.29, 0.717) is 18.8 Å². The van der Waals surface area contributed by atoms with E-state index < -0.39 is 0 Å². The maximum Gasteiger partial charge on any atom is 0.230 e.